The number of halogens is 1. The van der Waals surface area contributed by atoms with E-state index in [-0.39, 0.29) is 24.0 Å². The fourth-order valence-electron chi connectivity index (χ4n) is 2.62. The van der Waals surface area contributed by atoms with Gasteiger partial charge in [-0.05, 0) is 26.3 Å². The summed E-state index contributed by atoms with van der Waals surface area (Å²) in [5, 5.41) is 8.84. The Bertz CT molecular complexity index is 871. The van der Waals surface area contributed by atoms with Gasteiger partial charge in [0.05, 0.1) is 6.54 Å². The van der Waals surface area contributed by atoms with Crippen molar-refractivity contribution in [3.63, 3.8) is 0 Å². The van der Waals surface area contributed by atoms with E-state index in [0.29, 0.717) is 13.1 Å². The molecule has 0 aliphatic carbocycles. The van der Waals surface area contributed by atoms with Gasteiger partial charge in [-0.1, -0.05) is 25.1 Å². The molecule has 0 aliphatic rings. The van der Waals surface area contributed by atoms with Crippen molar-refractivity contribution >= 4 is 52.2 Å². The number of aliphatic imine (C=N–C) groups is 1. The van der Waals surface area contributed by atoms with Crippen LogP contribution in [0.2, 0.25) is 0 Å². The first-order valence-corrected chi connectivity index (χ1v) is 9.45. The van der Waals surface area contributed by atoms with Gasteiger partial charge in [0.15, 0.2) is 5.96 Å². The molecule has 5 nitrogen and oxygen atoms in total. The Morgan fingerprint density at radius 3 is 2.73 bits per heavy atom. The molecule has 26 heavy (non-hydrogen) atoms. The quantitative estimate of drug-likeness (QED) is 0.304. The summed E-state index contributed by atoms with van der Waals surface area (Å²) in [5.41, 5.74) is 2.07. The van der Waals surface area contributed by atoms with Crippen molar-refractivity contribution in [2.75, 3.05) is 6.54 Å². The van der Waals surface area contributed by atoms with Gasteiger partial charge in [0.25, 0.3) is 0 Å². The van der Waals surface area contributed by atoms with Crippen molar-refractivity contribution < 1.29 is 4.42 Å². The number of para-hydroxylation sites is 1. The number of guanidine groups is 1. The van der Waals surface area contributed by atoms with Gasteiger partial charge < -0.3 is 15.1 Å². The number of nitrogens with one attached hydrogen (secondary N) is 2. The van der Waals surface area contributed by atoms with E-state index in [4.69, 9.17) is 4.42 Å². The van der Waals surface area contributed by atoms with Crippen molar-refractivity contribution in [2.45, 2.75) is 40.3 Å². The van der Waals surface area contributed by atoms with Gasteiger partial charge in [0, 0.05) is 28.6 Å². The Morgan fingerprint density at radius 1 is 1.23 bits per heavy atom. The van der Waals surface area contributed by atoms with Gasteiger partial charge >= 0.3 is 0 Å². The van der Waals surface area contributed by atoms with Gasteiger partial charge in [-0.15, -0.1) is 35.3 Å². The number of thiazole rings is 1. The van der Waals surface area contributed by atoms with Crippen LogP contribution in [0.1, 0.15) is 35.1 Å². The van der Waals surface area contributed by atoms with Crippen LogP contribution in [0.3, 0.4) is 0 Å². The first-order valence-electron chi connectivity index (χ1n) is 8.64. The Morgan fingerprint density at radius 2 is 2.04 bits per heavy atom. The zero-order chi connectivity index (χ0) is 17.6. The minimum atomic E-state index is 0. The van der Waals surface area contributed by atoms with E-state index in [1.54, 1.807) is 11.3 Å². The SMILES string of the molecule is CCNC(=NCc1oc2ccccc2c1C)NCc1ncc(CC)s1.I. The Balaban J connectivity index is 0.00000243. The van der Waals surface area contributed by atoms with Gasteiger partial charge in [0.2, 0.25) is 0 Å². The van der Waals surface area contributed by atoms with Crippen molar-refractivity contribution in [3.8, 4) is 0 Å². The number of aromatic nitrogens is 1. The van der Waals surface area contributed by atoms with Gasteiger partial charge in [-0.2, -0.15) is 0 Å². The highest BCUT2D eigenvalue weighted by atomic mass is 127. The lowest BCUT2D eigenvalue weighted by Crippen LogP contribution is -2.36. The van der Waals surface area contributed by atoms with Crippen molar-refractivity contribution in [1.29, 1.82) is 0 Å². The molecule has 140 valence electrons. The van der Waals surface area contributed by atoms with Crippen LogP contribution < -0.4 is 10.6 Å². The number of rotatable bonds is 6. The third-order valence-electron chi connectivity index (χ3n) is 4.02. The molecule has 2 N–H and O–H groups in total. The molecule has 0 aliphatic heterocycles. The summed E-state index contributed by atoms with van der Waals surface area (Å²) in [5.74, 6) is 1.68. The Labute approximate surface area is 175 Å². The molecule has 1 aromatic carbocycles. The lowest BCUT2D eigenvalue weighted by molar-refractivity contribution is 0.548. The highest BCUT2D eigenvalue weighted by Gasteiger charge is 2.10. The standard InChI is InChI=1S/C19H24N4OS.HI/c1-4-14-10-21-18(25-14)12-23-19(20-5-2)22-11-17-13(3)15-8-6-7-9-16(15)24-17;/h6-10H,4-5,11-12H2,1-3H3,(H2,20,22,23);1H. The summed E-state index contributed by atoms with van der Waals surface area (Å²) in [6.45, 7) is 8.28. The van der Waals surface area contributed by atoms with Crippen LogP contribution in [0.5, 0.6) is 0 Å². The highest BCUT2D eigenvalue weighted by Crippen LogP contribution is 2.25. The molecule has 0 spiro atoms. The van der Waals surface area contributed by atoms with Crippen molar-refractivity contribution in [1.82, 2.24) is 15.6 Å². The van der Waals surface area contributed by atoms with Crippen LogP contribution in [0.4, 0.5) is 0 Å². The highest BCUT2D eigenvalue weighted by molar-refractivity contribution is 14.0. The summed E-state index contributed by atoms with van der Waals surface area (Å²) < 4.78 is 5.94. The monoisotopic (exact) mass is 484 g/mol. The molecular weight excluding hydrogens is 459 g/mol. The molecule has 2 heterocycles. The minimum Gasteiger partial charge on any atom is -0.459 e. The van der Waals surface area contributed by atoms with Crippen molar-refractivity contribution in [2.24, 2.45) is 4.99 Å². The maximum absolute atomic E-state index is 5.94. The van der Waals surface area contributed by atoms with Crippen LogP contribution in [-0.2, 0) is 19.5 Å². The van der Waals surface area contributed by atoms with Crippen LogP contribution in [0.15, 0.2) is 39.9 Å². The number of furan rings is 1. The summed E-state index contributed by atoms with van der Waals surface area (Å²) in [6.07, 6.45) is 2.97. The molecule has 0 saturated heterocycles. The van der Waals surface area contributed by atoms with E-state index in [1.807, 2.05) is 24.4 Å². The van der Waals surface area contributed by atoms with Crippen LogP contribution in [0, 0.1) is 6.92 Å². The molecule has 3 aromatic rings. The number of fused-ring (bicyclic) bond motifs is 1. The fourth-order valence-corrected chi connectivity index (χ4v) is 3.42. The fraction of sp³-hybridized carbons (Fsp3) is 0.368. The molecule has 0 radical (unpaired) electrons. The van der Waals surface area contributed by atoms with Gasteiger partial charge in [-0.3, -0.25) is 0 Å². The van der Waals surface area contributed by atoms with Gasteiger partial charge in [0.1, 0.15) is 22.9 Å². The zero-order valence-corrected chi connectivity index (χ0v) is 18.5. The molecule has 7 heteroatoms. The van der Waals surface area contributed by atoms with Crippen LogP contribution in [-0.4, -0.2) is 17.5 Å². The molecule has 0 unspecified atom stereocenters. The maximum atomic E-state index is 5.94. The molecule has 3 rings (SSSR count). The Kier molecular flexibility index (Phi) is 7.89. The zero-order valence-electron chi connectivity index (χ0n) is 15.3. The summed E-state index contributed by atoms with van der Waals surface area (Å²) in [4.78, 5) is 10.4. The summed E-state index contributed by atoms with van der Waals surface area (Å²) in [7, 11) is 0. The molecule has 0 atom stereocenters. The molecule has 0 saturated carbocycles. The first-order chi connectivity index (χ1) is 12.2. The van der Waals surface area contributed by atoms with E-state index in [0.717, 1.165) is 46.2 Å². The average molecular weight is 484 g/mol. The molecule has 0 bridgehead atoms. The minimum absolute atomic E-state index is 0. The third-order valence-corrected chi connectivity index (χ3v) is 5.17. The average Bonchev–Trinajstić information content (AvgIpc) is 3.22. The molecule has 0 amide bonds. The molecule has 2 aromatic heterocycles. The second kappa shape index (κ2) is 9.91. The van der Waals surface area contributed by atoms with E-state index >= 15 is 0 Å². The van der Waals surface area contributed by atoms with Crippen LogP contribution >= 0.6 is 35.3 Å². The number of hydrogen-bond acceptors (Lipinski definition) is 4. The van der Waals surface area contributed by atoms with E-state index < -0.39 is 0 Å². The molecular formula is C19H25IN4OS. The summed E-state index contributed by atoms with van der Waals surface area (Å²) >= 11 is 1.74. The van der Waals surface area contributed by atoms with Crippen LogP contribution in [0.25, 0.3) is 11.0 Å². The lowest BCUT2D eigenvalue weighted by Gasteiger charge is -2.09. The second-order valence-corrected chi connectivity index (χ2v) is 6.97. The number of hydrogen-bond donors (Lipinski definition) is 2. The first kappa shape index (κ1) is 20.7. The molecule has 0 fully saturated rings. The third kappa shape index (κ3) is 4.97. The largest absolute Gasteiger partial charge is 0.459 e. The van der Waals surface area contributed by atoms with Crippen molar-refractivity contribution in [3.05, 3.63) is 51.7 Å². The van der Waals surface area contributed by atoms with Gasteiger partial charge in [-0.25, -0.2) is 9.98 Å². The Hall–Kier alpha value is -1.61. The number of nitrogens with zero attached hydrogens (tertiary/aromatic N) is 2. The lowest BCUT2D eigenvalue weighted by atomic mass is 10.1. The van der Waals surface area contributed by atoms with E-state index in [2.05, 4.69) is 47.4 Å². The normalized spacial score (nSPS) is 11.4. The van der Waals surface area contributed by atoms with E-state index in [1.165, 1.54) is 4.88 Å². The predicted molar refractivity (Wildman–Crippen MR) is 120 cm³/mol. The number of benzene rings is 1. The summed E-state index contributed by atoms with van der Waals surface area (Å²) in [6, 6.07) is 8.09. The maximum Gasteiger partial charge on any atom is 0.192 e. The van der Waals surface area contributed by atoms with E-state index in [9.17, 15) is 0 Å². The topological polar surface area (TPSA) is 62.5 Å². The number of aryl methyl sites for hydroxylation is 2. The smallest absolute Gasteiger partial charge is 0.192 e. The predicted octanol–water partition coefficient (Wildman–Crippen LogP) is 4.63. The second-order valence-electron chi connectivity index (χ2n) is 5.77.